The molecule has 2 atom stereocenters. The van der Waals surface area contributed by atoms with Crippen LogP contribution in [0.15, 0.2) is 12.3 Å². The number of aryl methyl sites for hydroxylation is 2. The summed E-state index contributed by atoms with van der Waals surface area (Å²) >= 11 is 0. The Bertz CT molecular complexity index is 507. The fourth-order valence-electron chi connectivity index (χ4n) is 2.78. The van der Waals surface area contributed by atoms with Crippen molar-refractivity contribution < 1.29 is 14.6 Å². The Kier molecular flexibility index (Phi) is 5.11. The minimum Gasteiger partial charge on any atom is -0.444 e. The van der Waals surface area contributed by atoms with E-state index < -0.39 is 5.60 Å². The van der Waals surface area contributed by atoms with E-state index in [-0.39, 0.29) is 18.1 Å². The molecular weight excluding hydrogens is 282 g/mol. The predicted octanol–water partition coefficient (Wildman–Crippen LogP) is 1.97. The van der Waals surface area contributed by atoms with Gasteiger partial charge in [0, 0.05) is 37.9 Å². The van der Waals surface area contributed by atoms with Crippen LogP contribution in [-0.4, -0.2) is 50.7 Å². The maximum absolute atomic E-state index is 12.2. The monoisotopic (exact) mass is 309 g/mol. The van der Waals surface area contributed by atoms with Crippen molar-refractivity contribution in [3.63, 3.8) is 0 Å². The third kappa shape index (κ3) is 4.47. The van der Waals surface area contributed by atoms with Crippen LogP contribution in [0.4, 0.5) is 4.79 Å². The highest BCUT2D eigenvalue weighted by Crippen LogP contribution is 2.23. The molecule has 1 fully saturated rings. The van der Waals surface area contributed by atoms with E-state index in [1.807, 2.05) is 38.6 Å². The first-order chi connectivity index (χ1) is 10.3. The fraction of sp³-hybridized carbons (Fsp3) is 0.750. The molecule has 0 bridgehead atoms. The number of hydrogen-bond acceptors (Lipinski definition) is 4. The molecule has 2 heterocycles. The summed E-state index contributed by atoms with van der Waals surface area (Å²) in [4.78, 5) is 13.9. The zero-order valence-electron chi connectivity index (χ0n) is 14.0. The average Bonchev–Trinajstić information content (AvgIpc) is 2.81. The molecule has 1 aromatic rings. The number of carbonyl (C=O) groups is 1. The van der Waals surface area contributed by atoms with Crippen molar-refractivity contribution in [3.8, 4) is 0 Å². The van der Waals surface area contributed by atoms with Crippen LogP contribution in [0.5, 0.6) is 0 Å². The van der Waals surface area contributed by atoms with Gasteiger partial charge in [-0.15, -0.1) is 0 Å². The molecule has 2 unspecified atom stereocenters. The van der Waals surface area contributed by atoms with E-state index in [2.05, 4.69) is 5.10 Å². The van der Waals surface area contributed by atoms with Crippen molar-refractivity contribution in [2.24, 2.45) is 13.0 Å². The highest BCUT2D eigenvalue weighted by atomic mass is 16.6. The van der Waals surface area contributed by atoms with E-state index in [1.165, 1.54) is 0 Å². The van der Waals surface area contributed by atoms with Gasteiger partial charge < -0.3 is 14.7 Å². The highest BCUT2D eigenvalue weighted by Gasteiger charge is 2.32. The summed E-state index contributed by atoms with van der Waals surface area (Å²) in [5, 5.41) is 14.4. The molecule has 1 N–H and O–H groups in total. The number of ether oxygens (including phenoxy) is 1. The lowest BCUT2D eigenvalue weighted by atomic mass is 9.90. The van der Waals surface area contributed by atoms with Gasteiger partial charge in [-0.2, -0.15) is 5.10 Å². The molecule has 0 saturated carbocycles. The molecule has 1 aliphatic rings. The number of piperidine rings is 1. The Morgan fingerprint density at radius 1 is 1.50 bits per heavy atom. The van der Waals surface area contributed by atoms with Gasteiger partial charge in [-0.1, -0.05) is 0 Å². The number of aromatic nitrogens is 2. The Morgan fingerprint density at radius 2 is 2.23 bits per heavy atom. The summed E-state index contributed by atoms with van der Waals surface area (Å²) in [5.74, 6) is 0.0798. The van der Waals surface area contributed by atoms with Gasteiger partial charge in [0.25, 0.3) is 0 Å². The number of nitrogens with zero attached hydrogens (tertiary/aromatic N) is 3. The van der Waals surface area contributed by atoms with E-state index in [4.69, 9.17) is 4.74 Å². The number of aliphatic hydroxyl groups is 1. The van der Waals surface area contributed by atoms with Crippen LogP contribution in [-0.2, 0) is 18.2 Å². The fourth-order valence-corrected chi connectivity index (χ4v) is 2.78. The first-order valence-corrected chi connectivity index (χ1v) is 7.89. The van der Waals surface area contributed by atoms with Crippen molar-refractivity contribution in [1.29, 1.82) is 0 Å². The smallest absolute Gasteiger partial charge is 0.410 e. The maximum Gasteiger partial charge on any atom is 0.410 e. The predicted molar refractivity (Wildman–Crippen MR) is 83.4 cm³/mol. The summed E-state index contributed by atoms with van der Waals surface area (Å²) in [6.07, 6.45) is 3.42. The van der Waals surface area contributed by atoms with Crippen molar-refractivity contribution in [2.75, 3.05) is 13.1 Å². The SMILES string of the molecule is Cn1nccc1CCC1CN(C(=O)OC(C)(C)C)CCC1O. The van der Waals surface area contributed by atoms with Crippen molar-refractivity contribution in [3.05, 3.63) is 18.0 Å². The Balaban J connectivity index is 1.90. The van der Waals surface area contributed by atoms with Crippen molar-refractivity contribution in [1.82, 2.24) is 14.7 Å². The highest BCUT2D eigenvalue weighted by molar-refractivity contribution is 5.68. The first-order valence-electron chi connectivity index (χ1n) is 7.89. The number of likely N-dealkylation sites (tertiary alicyclic amines) is 1. The first kappa shape index (κ1) is 16.8. The molecule has 0 spiro atoms. The number of amides is 1. The quantitative estimate of drug-likeness (QED) is 0.927. The molecule has 6 nitrogen and oxygen atoms in total. The van der Waals surface area contributed by atoms with Gasteiger partial charge in [0.05, 0.1) is 6.10 Å². The molecule has 1 aliphatic heterocycles. The molecule has 1 amide bonds. The van der Waals surface area contributed by atoms with Gasteiger partial charge in [0.2, 0.25) is 0 Å². The van der Waals surface area contributed by atoms with Crippen molar-refractivity contribution >= 4 is 6.09 Å². The molecule has 1 aromatic heterocycles. The summed E-state index contributed by atoms with van der Waals surface area (Å²) in [7, 11) is 1.92. The van der Waals surface area contributed by atoms with Crippen LogP contribution in [0.1, 0.15) is 39.3 Å². The summed E-state index contributed by atoms with van der Waals surface area (Å²) in [5.41, 5.74) is 0.652. The minimum absolute atomic E-state index is 0.0798. The topological polar surface area (TPSA) is 67.6 Å². The van der Waals surface area contributed by atoms with Gasteiger partial charge in [-0.25, -0.2) is 4.79 Å². The minimum atomic E-state index is -0.489. The average molecular weight is 309 g/mol. The zero-order valence-corrected chi connectivity index (χ0v) is 14.0. The van der Waals surface area contributed by atoms with E-state index in [0.717, 1.165) is 18.5 Å². The third-order valence-electron chi connectivity index (χ3n) is 4.04. The Hall–Kier alpha value is -1.56. The Labute approximate surface area is 132 Å². The zero-order chi connectivity index (χ0) is 16.3. The molecule has 0 aromatic carbocycles. The van der Waals surface area contributed by atoms with Crippen LogP contribution >= 0.6 is 0 Å². The molecule has 2 rings (SSSR count). The lowest BCUT2D eigenvalue weighted by molar-refractivity contribution is -0.00991. The maximum atomic E-state index is 12.2. The number of aliphatic hydroxyl groups excluding tert-OH is 1. The second kappa shape index (κ2) is 6.69. The van der Waals surface area contributed by atoms with Crippen LogP contribution in [0.2, 0.25) is 0 Å². The van der Waals surface area contributed by atoms with Gasteiger partial charge in [0.15, 0.2) is 0 Å². The van der Waals surface area contributed by atoms with Gasteiger partial charge in [-0.05, 0) is 46.1 Å². The molecular formula is C16H27N3O3. The van der Waals surface area contributed by atoms with E-state index in [1.54, 1.807) is 11.1 Å². The van der Waals surface area contributed by atoms with E-state index in [0.29, 0.717) is 19.5 Å². The normalized spacial score (nSPS) is 22.7. The number of hydrogen-bond donors (Lipinski definition) is 1. The lowest BCUT2D eigenvalue weighted by Gasteiger charge is -2.37. The van der Waals surface area contributed by atoms with Crippen LogP contribution in [0.3, 0.4) is 0 Å². The molecule has 6 heteroatoms. The molecule has 22 heavy (non-hydrogen) atoms. The number of carbonyl (C=O) groups excluding carboxylic acids is 1. The van der Waals surface area contributed by atoms with Crippen LogP contribution in [0.25, 0.3) is 0 Å². The molecule has 0 radical (unpaired) electrons. The third-order valence-corrected chi connectivity index (χ3v) is 4.04. The van der Waals surface area contributed by atoms with Crippen LogP contribution < -0.4 is 0 Å². The van der Waals surface area contributed by atoms with E-state index in [9.17, 15) is 9.90 Å². The molecule has 0 aliphatic carbocycles. The van der Waals surface area contributed by atoms with Gasteiger partial charge in [-0.3, -0.25) is 4.68 Å². The second-order valence-corrected chi connectivity index (χ2v) is 7.03. The molecule has 1 saturated heterocycles. The van der Waals surface area contributed by atoms with Crippen molar-refractivity contribution in [2.45, 2.75) is 51.7 Å². The summed E-state index contributed by atoms with van der Waals surface area (Å²) < 4.78 is 7.27. The molecule has 124 valence electrons. The second-order valence-electron chi connectivity index (χ2n) is 7.03. The summed E-state index contributed by atoms with van der Waals surface area (Å²) in [6.45, 7) is 6.70. The standard InChI is InChI=1S/C16H27N3O3/c1-16(2,3)22-15(21)19-10-8-14(20)12(11-19)5-6-13-7-9-17-18(13)4/h7,9,12,14,20H,5-6,8,10-11H2,1-4H3. The van der Waals surface area contributed by atoms with Gasteiger partial charge >= 0.3 is 6.09 Å². The summed E-state index contributed by atoms with van der Waals surface area (Å²) in [6, 6.07) is 1.99. The lowest BCUT2D eigenvalue weighted by Crippen LogP contribution is -2.47. The number of rotatable bonds is 3. The van der Waals surface area contributed by atoms with Crippen LogP contribution in [0, 0.1) is 5.92 Å². The largest absolute Gasteiger partial charge is 0.444 e. The Morgan fingerprint density at radius 3 is 2.82 bits per heavy atom. The van der Waals surface area contributed by atoms with Gasteiger partial charge in [0.1, 0.15) is 5.60 Å². The van der Waals surface area contributed by atoms with E-state index >= 15 is 0 Å².